The zero-order chi connectivity index (χ0) is 20.4. The summed E-state index contributed by atoms with van der Waals surface area (Å²) in [6, 6.07) is 6.17. The summed E-state index contributed by atoms with van der Waals surface area (Å²) >= 11 is 0. The van der Waals surface area contributed by atoms with Gasteiger partial charge in [-0.25, -0.2) is 9.97 Å². The van der Waals surface area contributed by atoms with Crippen molar-refractivity contribution in [1.82, 2.24) is 24.8 Å². The van der Waals surface area contributed by atoms with E-state index in [9.17, 15) is 4.79 Å². The van der Waals surface area contributed by atoms with Crippen LogP contribution in [0.25, 0.3) is 28.5 Å². The van der Waals surface area contributed by atoms with Gasteiger partial charge in [-0.3, -0.25) is 4.79 Å². The van der Waals surface area contributed by atoms with Crippen LogP contribution in [0.4, 0.5) is 0 Å². The third-order valence-corrected chi connectivity index (χ3v) is 5.71. The molecular formula is C23H29N5O. The number of pyridine rings is 1. The number of nitrogens with zero attached hydrogens (tertiary/aromatic N) is 3. The summed E-state index contributed by atoms with van der Waals surface area (Å²) in [5.74, 6) is 0.887. The van der Waals surface area contributed by atoms with E-state index in [1.807, 2.05) is 19.9 Å². The van der Waals surface area contributed by atoms with Crippen molar-refractivity contribution in [2.75, 3.05) is 0 Å². The monoisotopic (exact) mass is 391 g/mol. The molecule has 6 heteroatoms. The number of H-pyrrole nitrogens is 1. The van der Waals surface area contributed by atoms with Gasteiger partial charge in [-0.1, -0.05) is 25.8 Å². The quantitative estimate of drug-likeness (QED) is 0.652. The second-order valence-electron chi connectivity index (χ2n) is 7.94. The van der Waals surface area contributed by atoms with Gasteiger partial charge in [0.2, 0.25) is 5.91 Å². The Labute approximate surface area is 171 Å². The van der Waals surface area contributed by atoms with Gasteiger partial charge in [0.25, 0.3) is 0 Å². The van der Waals surface area contributed by atoms with Gasteiger partial charge in [-0.15, -0.1) is 0 Å². The van der Waals surface area contributed by atoms with E-state index in [1.165, 1.54) is 0 Å². The Kier molecular flexibility index (Phi) is 5.51. The van der Waals surface area contributed by atoms with Crippen molar-refractivity contribution in [2.45, 2.75) is 65.0 Å². The third-order valence-electron chi connectivity index (χ3n) is 5.71. The van der Waals surface area contributed by atoms with E-state index in [0.717, 1.165) is 78.3 Å². The minimum atomic E-state index is -0.110. The van der Waals surface area contributed by atoms with Crippen LogP contribution in [-0.2, 0) is 11.3 Å². The SMILES string of the molecule is C=Cc1nc(-c2cc3ccc4nc3n2CCCCCCCC(=O)N[C@@H]4C)c(C)[nH]1. The van der Waals surface area contributed by atoms with Crippen molar-refractivity contribution in [3.63, 3.8) is 0 Å². The lowest BCUT2D eigenvalue weighted by atomic mass is 10.1. The topological polar surface area (TPSA) is 75.6 Å². The molecule has 152 valence electrons. The molecule has 3 aromatic rings. The van der Waals surface area contributed by atoms with Gasteiger partial charge in [0, 0.05) is 24.0 Å². The summed E-state index contributed by atoms with van der Waals surface area (Å²) in [5.41, 5.74) is 4.90. The van der Waals surface area contributed by atoms with Crippen LogP contribution < -0.4 is 5.32 Å². The lowest BCUT2D eigenvalue weighted by Gasteiger charge is -2.15. The normalized spacial score (nSPS) is 18.6. The molecule has 0 saturated carbocycles. The second-order valence-corrected chi connectivity index (χ2v) is 7.94. The molecule has 0 fully saturated rings. The number of nitrogens with one attached hydrogen (secondary N) is 2. The fraction of sp³-hybridized carbons (Fsp3) is 0.435. The highest BCUT2D eigenvalue weighted by atomic mass is 16.1. The molecular weight excluding hydrogens is 362 g/mol. The van der Waals surface area contributed by atoms with Crippen LogP contribution in [0.5, 0.6) is 0 Å². The molecule has 1 atom stereocenters. The Morgan fingerprint density at radius 2 is 1.97 bits per heavy atom. The molecule has 1 aliphatic rings. The fourth-order valence-electron chi connectivity index (χ4n) is 4.11. The first-order valence-corrected chi connectivity index (χ1v) is 10.6. The number of imidazole rings is 1. The van der Waals surface area contributed by atoms with Gasteiger partial charge < -0.3 is 14.9 Å². The van der Waals surface area contributed by atoms with E-state index < -0.39 is 0 Å². The summed E-state index contributed by atoms with van der Waals surface area (Å²) in [4.78, 5) is 25.2. The van der Waals surface area contributed by atoms with E-state index in [4.69, 9.17) is 9.97 Å². The Hall–Kier alpha value is -2.89. The first kappa shape index (κ1) is 19.4. The highest BCUT2D eigenvalue weighted by molar-refractivity contribution is 5.84. The van der Waals surface area contributed by atoms with Gasteiger partial charge in [0.05, 0.1) is 17.4 Å². The summed E-state index contributed by atoms with van der Waals surface area (Å²) < 4.78 is 2.29. The van der Waals surface area contributed by atoms with Crippen LogP contribution in [0.15, 0.2) is 24.8 Å². The molecule has 1 aliphatic heterocycles. The number of hydrogen-bond donors (Lipinski definition) is 2. The van der Waals surface area contributed by atoms with Crippen LogP contribution in [-0.4, -0.2) is 25.4 Å². The van der Waals surface area contributed by atoms with E-state index in [-0.39, 0.29) is 11.9 Å². The summed E-state index contributed by atoms with van der Waals surface area (Å²) in [7, 11) is 0. The summed E-state index contributed by atoms with van der Waals surface area (Å²) in [6.45, 7) is 8.78. The first-order valence-electron chi connectivity index (χ1n) is 10.6. The van der Waals surface area contributed by atoms with E-state index >= 15 is 0 Å². The van der Waals surface area contributed by atoms with E-state index in [2.05, 4.69) is 33.6 Å². The van der Waals surface area contributed by atoms with Crippen molar-refractivity contribution in [1.29, 1.82) is 0 Å². The molecule has 6 nitrogen and oxygen atoms in total. The minimum absolute atomic E-state index is 0.108. The molecule has 0 spiro atoms. The minimum Gasteiger partial charge on any atom is -0.348 e. The van der Waals surface area contributed by atoms with E-state index in [0.29, 0.717) is 6.42 Å². The van der Waals surface area contributed by atoms with Gasteiger partial charge in [-0.05, 0) is 51.0 Å². The third kappa shape index (κ3) is 3.97. The second kappa shape index (κ2) is 8.23. The zero-order valence-corrected chi connectivity index (χ0v) is 17.3. The Balaban J connectivity index is 1.82. The molecule has 0 unspecified atom stereocenters. The van der Waals surface area contributed by atoms with Crippen LogP contribution in [0.1, 0.15) is 68.7 Å². The van der Waals surface area contributed by atoms with Gasteiger partial charge in [0.15, 0.2) is 0 Å². The van der Waals surface area contributed by atoms with Crippen molar-refractivity contribution in [2.24, 2.45) is 0 Å². The highest BCUT2D eigenvalue weighted by Crippen LogP contribution is 2.30. The average molecular weight is 392 g/mol. The number of carbonyl (C=O) groups is 1. The van der Waals surface area contributed by atoms with Crippen molar-refractivity contribution in [3.8, 4) is 11.4 Å². The number of aromatic amines is 1. The number of rotatable bonds is 2. The van der Waals surface area contributed by atoms with Crippen LogP contribution in [0, 0.1) is 6.92 Å². The molecule has 29 heavy (non-hydrogen) atoms. The van der Waals surface area contributed by atoms with Crippen LogP contribution in [0.3, 0.4) is 0 Å². The van der Waals surface area contributed by atoms with Gasteiger partial charge in [0.1, 0.15) is 17.2 Å². The number of carbonyl (C=O) groups excluding carboxylic acids is 1. The lowest BCUT2D eigenvalue weighted by Crippen LogP contribution is -2.27. The Morgan fingerprint density at radius 3 is 2.76 bits per heavy atom. The maximum absolute atomic E-state index is 12.2. The predicted octanol–water partition coefficient (Wildman–Crippen LogP) is 4.91. The zero-order valence-electron chi connectivity index (χ0n) is 17.3. The largest absolute Gasteiger partial charge is 0.348 e. The number of fused-ring (bicyclic) bond motifs is 1. The molecule has 0 saturated heterocycles. The van der Waals surface area contributed by atoms with E-state index in [1.54, 1.807) is 6.08 Å². The fourth-order valence-corrected chi connectivity index (χ4v) is 4.11. The standard InChI is InChI=1S/C23H29N5O/c1-4-20-24-16(3)22(27-20)19-14-17-11-12-18-15(2)25-21(29)10-8-6-5-7-9-13-28(19)23(17)26-18/h4,11-12,14-15H,1,5-10,13H2,2-3H3,(H,24,27)(H,25,29)/t15-/m1/s1. The molecule has 4 heterocycles. The molecule has 4 rings (SSSR count). The van der Waals surface area contributed by atoms with Gasteiger partial charge >= 0.3 is 0 Å². The summed E-state index contributed by atoms with van der Waals surface area (Å²) in [5, 5.41) is 4.19. The molecule has 3 aromatic heterocycles. The van der Waals surface area contributed by atoms with Crippen molar-refractivity contribution < 1.29 is 4.79 Å². The number of aryl methyl sites for hydroxylation is 2. The average Bonchev–Trinajstić information content (AvgIpc) is 3.26. The lowest BCUT2D eigenvalue weighted by molar-refractivity contribution is -0.121. The molecule has 2 N–H and O–H groups in total. The Morgan fingerprint density at radius 1 is 1.17 bits per heavy atom. The molecule has 2 bridgehead atoms. The molecule has 0 aliphatic carbocycles. The Bertz CT molecular complexity index is 1050. The molecule has 0 radical (unpaired) electrons. The van der Waals surface area contributed by atoms with Gasteiger partial charge in [-0.2, -0.15) is 0 Å². The van der Waals surface area contributed by atoms with Crippen LogP contribution in [0.2, 0.25) is 0 Å². The molecule has 0 aromatic carbocycles. The number of amides is 1. The first-order chi connectivity index (χ1) is 14.1. The van der Waals surface area contributed by atoms with Crippen molar-refractivity contribution in [3.05, 3.63) is 42.0 Å². The highest BCUT2D eigenvalue weighted by Gasteiger charge is 2.19. The maximum Gasteiger partial charge on any atom is 0.220 e. The van der Waals surface area contributed by atoms with Crippen molar-refractivity contribution >= 4 is 23.0 Å². The summed E-state index contributed by atoms with van der Waals surface area (Å²) in [6.07, 6.45) is 7.76. The maximum atomic E-state index is 12.2. The predicted molar refractivity (Wildman–Crippen MR) is 116 cm³/mol. The number of hydrogen-bond acceptors (Lipinski definition) is 3. The number of aromatic nitrogens is 4. The smallest absolute Gasteiger partial charge is 0.220 e. The molecule has 1 amide bonds. The van der Waals surface area contributed by atoms with Crippen LogP contribution >= 0.6 is 0 Å².